The Labute approximate surface area is 106 Å². The molecule has 0 amide bonds. The van der Waals surface area contributed by atoms with Crippen molar-refractivity contribution in [1.82, 2.24) is 4.98 Å². The Kier molecular flexibility index (Phi) is 3.72. The molecule has 0 saturated carbocycles. The number of pyridine rings is 1. The minimum atomic E-state index is -0.877. The molecule has 1 atom stereocenters. The number of aromatic nitrogens is 1. The van der Waals surface area contributed by atoms with Crippen LogP contribution in [0.15, 0.2) is 48.7 Å². The molecule has 3 nitrogen and oxygen atoms in total. The molecule has 1 aromatic heterocycles. The van der Waals surface area contributed by atoms with Crippen molar-refractivity contribution in [3.63, 3.8) is 0 Å². The standard InChI is InChI=1S/C15H15NO2/c1-2-11-6-8-12(9-7-11)14(15(17)18)13-5-3-4-10-16-13/h3-10,14H,2H2,1H3,(H,17,18). The highest BCUT2D eigenvalue weighted by molar-refractivity contribution is 5.79. The molecule has 0 radical (unpaired) electrons. The van der Waals surface area contributed by atoms with Crippen LogP contribution in [0, 0.1) is 0 Å². The summed E-state index contributed by atoms with van der Waals surface area (Å²) in [5.41, 5.74) is 2.52. The largest absolute Gasteiger partial charge is 0.480 e. The van der Waals surface area contributed by atoms with Crippen LogP contribution in [0.1, 0.15) is 29.7 Å². The molecule has 1 unspecified atom stereocenters. The van der Waals surface area contributed by atoms with Gasteiger partial charge in [0.25, 0.3) is 0 Å². The van der Waals surface area contributed by atoms with Crippen molar-refractivity contribution in [1.29, 1.82) is 0 Å². The normalized spacial score (nSPS) is 12.1. The number of aliphatic carboxylic acids is 1. The maximum absolute atomic E-state index is 11.4. The molecule has 92 valence electrons. The number of rotatable bonds is 4. The minimum absolute atomic E-state index is 0.564. The quantitative estimate of drug-likeness (QED) is 0.895. The summed E-state index contributed by atoms with van der Waals surface area (Å²) in [6, 6.07) is 13.0. The third-order valence-corrected chi connectivity index (χ3v) is 2.95. The Bertz CT molecular complexity index is 520. The van der Waals surface area contributed by atoms with E-state index in [0.717, 1.165) is 12.0 Å². The van der Waals surface area contributed by atoms with Gasteiger partial charge in [-0.3, -0.25) is 9.78 Å². The molecule has 2 aromatic rings. The van der Waals surface area contributed by atoms with Crippen molar-refractivity contribution in [2.24, 2.45) is 0 Å². The Morgan fingerprint density at radius 3 is 2.44 bits per heavy atom. The second kappa shape index (κ2) is 5.45. The summed E-state index contributed by atoms with van der Waals surface area (Å²) in [6.45, 7) is 2.07. The fourth-order valence-corrected chi connectivity index (χ4v) is 1.93. The molecular weight excluding hydrogens is 226 g/mol. The zero-order chi connectivity index (χ0) is 13.0. The lowest BCUT2D eigenvalue weighted by Gasteiger charge is -2.12. The van der Waals surface area contributed by atoms with Crippen LogP contribution in [-0.2, 0) is 11.2 Å². The first-order chi connectivity index (χ1) is 8.72. The van der Waals surface area contributed by atoms with Gasteiger partial charge in [0.15, 0.2) is 0 Å². The van der Waals surface area contributed by atoms with Gasteiger partial charge in [-0.05, 0) is 29.7 Å². The van der Waals surface area contributed by atoms with Gasteiger partial charge < -0.3 is 5.11 Å². The highest BCUT2D eigenvalue weighted by atomic mass is 16.4. The first-order valence-corrected chi connectivity index (χ1v) is 5.95. The fraction of sp³-hybridized carbons (Fsp3) is 0.200. The van der Waals surface area contributed by atoms with Crippen molar-refractivity contribution in [3.05, 3.63) is 65.5 Å². The smallest absolute Gasteiger partial charge is 0.317 e. The molecule has 0 aliphatic heterocycles. The van der Waals surface area contributed by atoms with Gasteiger partial charge in [-0.2, -0.15) is 0 Å². The van der Waals surface area contributed by atoms with Crippen molar-refractivity contribution < 1.29 is 9.90 Å². The maximum Gasteiger partial charge on any atom is 0.317 e. The summed E-state index contributed by atoms with van der Waals surface area (Å²) >= 11 is 0. The Morgan fingerprint density at radius 1 is 1.22 bits per heavy atom. The summed E-state index contributed by atoms with van der Waals surface area (Å²) in [7, 11) is 0. The maximum atomic E-state index is 11.4. The van der Waals surface area contributed by atoms with Crippen LogP contribution in [-0.4, -0.2) is 16.1 Å². The summed E-state index contributed by atoms with van der Waals surface area (Å²) in [5.74, 6) is -1.57. The third kappa shape index (κ3) is 2.56. The van der Waals surface area contributed by atoms with Crippen LogP contribution in [0.4, 0.5) is 0 Å². The van der Waals surface area contributed by atoms with Gasteiger partial charge in [-0.25, -0.2) is 0 Å². The molecule has 0 fully saturated rings. The number of hydrogen-bond acceptors (Lipinski definition) is 2. The zero-order valence-corrected chi connectivity index (χ0v) is 10.2. The van der Waals surface area contributed by atoms with Gasteiger partial charge in [-0.15, -0.1) is 0 Å². The average molecular weight is 241 g/mol. The lowest BCUT2D eigenvalue weighted by Crippen LogP contribution is -2.14. The Morgan fingerprint density at radius 2 is 1.94 bits per heavy atom. The molecule has 1 N–H and O–H groups in total. The third-order valence-electron chi connectivity index (χ3n) is 2.95. The topological polar surface area (TPSA) is 50.2 Å². The minimum Gasteiger partial charge on any atom is -0.480 e. The van der Waals surface area contributed by atoms with Gasteiger partial charge in [-0.1, -0.05) is 37.3 Å². The van der Waals surface area contributed by atoms with Crippen molar-refractivity contribution in [3.8, 4) is 0 Å². The van der Waals surface area contributed by atoms with E-state index in [1.165, 1.54) is 5.56 Å². The van der Waals surface area contributed by atoms with E-state index < -0.39 is 11.9 Å². The predicted molar refractivity (Wildman–Crippen MR) is 69.5 cm³/mol. The fourth-order valence-electron chi connectivity index (χ4n) is 1.93. The molecule has 1 aromatic carbocycles. The van der Waals surface area contributed by atoms with Crippen molar-refractivity contribution >= 4 is 5.97 Å². The van der Waals surface area contributed by atoms with Crippen LogP contribution in [0.3, 0.4) is 0 Å². The average Bonchev–Trinajstić information content (AvgIpc) is 2.40. The molecule has 0 bridgehead atoms. The molecular formula is C15H15NO2. The number of benzene rings is 1. The first kappa shape index (κ1) is 12.3. The number of carboxylic acid groups (broad SMARTS) is 1. The molecule has 0 aliphatic rings. The van der Waals surface area contributed by atoms with E-state index in [4.69, 9.17) is 0 Å². The number of aryl methyl sites for hydroxylation is 1. The molecule has 18 heavy (non-hydrogen) atoms. The molecule has 3 heteroatoms. The molecule has 0 aliphatic carbocycles. The van der Waals surface area contributed by atoms with E-state index in [2.05, 4.69) is 11.9 Å². The summed E-state index contributed by atoms with van der Waals surface area (Å²) in [4.78, 5) is 15.6. The molecule has 0 saturated heterocycles. The lowest BCUT2D eigenvalue weighted by molar-refractivity contribution is -0.137. The van der Waals surface area contributed by atoms with Crippen molar-refractivity contribution in [2.45, 2.75) is 19.3 Å². The number of carboxylic acids is 1. The van der Waals surface area contributed by atoms with Crippen LogP contribution in [0.25, 0.3) is 0 Å². The molecule has 2 rings (SSSR count). The van der Waals surface area contributed by atoms with Gasteiger partial charge >= 0.3 is 5.97 Å². The monoisotopic (exact) mass is 241 g/mol. The second-order valence-electron chi connectivity index (χ2n) is 4.12. The highest BCUT2D eigenvalue weighted by Crippen LogP contribution is 2.23. The van der Waals surface area contributed by atoms with E-state index in [1.54, 1.807) is 24.4 Å². The predicted octanol–water partition coefficient (Wildman–Crippen LogP) is 2.86. The van der Waals surface area contributed by atoms with Crippen molar-refractivity contribution in [2.75, 3.05) is 0 Å². The van der Waals surface area contributed by atoms with E-state index in [-0.39, 0.29) is 0 Å². The van der Waals surface area contributed by atoms with Gasteiger partial charge in [0, 0.05) is 6.20 Å². The van der Waals surface area contributed by atoms with Gasteiger partial charge in [0.05, 0.1) is 5.69 Å². The summed E-state index contributed by atoms with van der Waals surface area (Å²) < 4.78 is 0. The summed E-state index contributed by atoms with van der Waals surface area (Å²) in [6.07, 6.45) is 2.56. The number of hydrogen-bond donors (Lipinski definition) is 1. The first-order valence-electron chi connectivity index (χ1n) is 5.95. The van der Waals surface area contributed by atoms with Gasteiger partial charge in [0.1, 0.15) is 5.92 Å². The highest BCUT2D eigenvalue weighted by Gasteiger charge is 2.22. The molecule has 0 spiro atoms. The van der Waals surface area contributed by atoms with Crippen LogP contribution in [0.2, 0.25) is 0 Å². The lowest BCUT2D eigenvalue weighted by atomic mass is 9.94. The number of nitrogens with zero attached hydrogens (tertiary/aromatic N) is 1. The van der Waals surface area contributed by atoms with Crippen LogP contribution >= 0.6 is 0 Å². The Hall–Kier alpha value is -2.16. The van der Waals surface area contributed by atoms with Gasteiger partial charge in [0.2, 0.25) is 0 Å². The Balaban J connectivity index is 2.39. The van der Waals surface area contributed by atoms with Crippen LogP contribution < -0.4 is 0 Å². The van der Waals surface area contributed by atoms with E-state index in [1.807, 2.05) is 24.3 Å². The SMILES string of the molecule is CCc1ccc(C(C(=O)O)c2ccccn2)cc1. The van der Waals surface area contributed by atoms with E-state index in [0.29, 0.717) is 5.69 Å². The number of carbonyl (C=O) groups is 1. The van der Waals surface area contributed by atoms with E-state index in [9.17, 15) is 9.90 Å². The van der Waals surface area contributed by atoms with E-state index >= 15 is 0 Å². The zero-order valence-electron chi connectivity index (χ0n) is 10.2. The summed E-state index contributed by atoms with van der Waals surface area (Å²) in [5, 5.41) is 9.37. The molecule has 1 heterocycles. The second-order valence-corrected chi connectivity index (χ2v) is 4.12. The van der Waals surface area contributed by atoms with Crippen LogP contribution in [0.5, 0.6) is 0 Å².